The first kappa shape index (κ1) is 27.6. The van der Waals surface area contributed by atoms with Crippen LogP contribution >= 0.6 is 8.17 Å². The number of rotatable bonds is 10. The average molecular weight is 456 g/mol. The molecule has 29 heavy (non-hydrogen) atoms. The van der Waals surface area contributed by atoms with E-state index in [1.165, 1.54) is 7.11 Å². The third-order valence-corrected chi connectivity index (χ3v) is 5.94. The molecule has 0 aromatic rings. The first-order valence-electron chi connectivity index (χ1n) is 8.65. The fourth-order valence-corrected chi connectivity index (χ4v) is 4.68. The molecule has 0 N–H and O–H groups in total. The van der Waals surface area contributed by atoms with E-state index >= 15 is 0 Å². The molecule has 15 heteroatoms. The molecule has 0 amide bonds. The van der Waals surface area contributed by atoms with Crippen molar-refractivity contribution in [1.82, 2.24) is 0 Å². The average Bonchev–Trinajstić information content (AvgIpc) is 2.89. The largest absolute Gasteiger partial charge is 1.00 e. The summed E-state index contributed by atoms with van der Waals surface area (Å²) in [6.45, 7) is 6.01. The van der Waals surface area contributed by atoms with Gasteiger partial charge in [-0.25, -0.2) is 8.42 Å². The Kier molecular flexibility index (Phi) is 10.4. The Labute approximate surface area is 183 Å². The van der Waals surface area contributed by atoms with Crippen LogP contribution in [0.3, 0.4) is 0 Å². The van der Waals surface area contributed by atoms with Crippen molar-refractivity contribution in [2.75, 3.05) is 26.9 Å². The standard InChI is InChI=1S/C14H27O12PS.Li/c1-6-20-27(15,21-7-2)22-8-9-10(26-28(16,17)18)11-12(13(19-5)23-9)25-14(3,4)24-11;/h9-13H,6-8H2,1-5H3,(H,16,17,18);/q;+1/p-1/t9-,10-,11+,12+,13+;/m1./s1. The van der Waals surface area contributed by atoms with Crippen molar-refractivity contribution in [3.05, 3.63) is 0 Å². The van der Waals surface area contributed by atoms with Gasteiger partial charge in [0.25, 0.3) is 0 Å². The topological polar surface area (TPSA) is 154 Å². The molecule has 2 heterocycles. The van der Waals surface area contributed by atoms with Crippen LogP contribution in [-0.4, -0.2) is 76.4 Å². The van der Waals surface area contributed by atoms with Gasteiger partial charge in [0.2, 0.25) is 10.4 Å². The molecule has 2 rings (SSSR count). The normalized spacial score (nSPS) is 31.9. The van der Waals surface area contributed by atoms with Crippen LogP contribution in [0, 0.1) is 0 Å². The molecular weight excluding hydrogens is 430 g/mol. The Hall–Kier alpha value is 0.577. The molecule has 12 nitrogen and oxygen atoms in total. The third-order valence-electron chi connectivity index (χ3n) is 3.86. The summed E-state index contributed by atoms with van der Waals surface area (Å²) >= 11 is 0. The second kappa shape index (κ2) is 10.9. The SMILES string of the molecule is CCO[P+]([O-])(OCC)OC[C@H]1O[C@H](OC)[C@H]2OC(C)(C)O[C@H]2[C@@H]1OS(=O)(=O)[O-].[Li+]. The van der Waals surface area contributed by atoms with Crippen LogP contribution in [0.15, 0.2) is 0 Å². The van der Waals surface area contributed by atoms with Gasteiger partial charge >= 0.3 is 27.0 Å². The van der Waals surface area contributed by atoms with Gasteiger partial charge in [-0.15, -0.1) is 0 Å². The molecule has 0 aromatic carbocycles. The molecule has 0 spiro atoms. The van der Waals surface area contributed by atoms with E-state index in [1.807, 2.05) is 0 Å². The zero-order valence-electron chi connectivity index (χ0n) is 17.3. The third kappa shape index (κ3) is 7.59. The number of hydrogen-bond donors (Lipinski definition) is 0. The quantitative estimate of drug-likeness (QED) is 0.141. The maximum Gasteiger partial charge on any atom is 1.00 e. The molecule has 5 atom stereocenters. The number of ether oxygens (including phenoxy) is 4. The maximum absolute atomic E-state index is 12.5. The smallest absolute Gasteiger partial charge is 0.726 e. The zero-order valence-corrected chi connectivity index (χ0v) is 19.0. The van der Waals surface area contributed by atoms with Crippen LogP contribution < -0.4 is 23.8 Å². The zero-order chi connectivity index (χ0) is 21.2. The summed E-state index contributed by atoms with van der Waals surface area (Å²) in [5, 5.41) is 0. The Morgan fingerprint density at radius 1 is 1.07 bits per heavy atom. The van der Waals surface area contributed by atoms with Crippen molar-refractivity contribution < 1.29 is 73.4 Å². The predicted molar refractivity (Wildman–Crippen MR) is 90.2 cm³/mol. The number of fused-ring (bicyclic) bond motifs is 1. The van der Waals surface area contributed by atoms with Gasteiger partial charge in [0.05, 0.1) is 13.2 Å². The molecule has 2 saturated heterocycles. The van der Waals surface area contributed by atoms with Gasteiger partial charge < -0.3 is 28.4 Å². The summed E-state index contributed by atoms with van der Waals surface area (Å²) < 4.78 is 75.9. The van der Waals surface area contributed by atoms with Gasteiger partial charge in [0.1, 0.15) is 31.0 Å². The molecule has 2 aliphatic heterocycles. The summed E-state index contributed by atoms with van der Waals surface area (Å²) in [6.07, 6.45) is -5.51. The van der Waals surface area contributed by atoms with Crippen molar-refractivity contribution in [3.8, 4) is 0 Å². The molecule has 0 aromatic heterocycles. The first-order valence-corrected chi connectivity index (χ1v) is 11.4. The van der Waals surface area contributed by atoms with Gasteiger partial charge in [-0.3, -0.25) is 4.18 Å². The van der Waals surface area contributed by atoms with Crippen molar-refractivity contribution in [3.63, 3.8) is 0 Å². The maximum atomic E-state index is 12.5. The number of hydrogen-bond acceptors (Lipinski definition) is 12. The Balaban J connectivity index is 0.00000420. The molecule has 0 saturated carbocycles. The minimum atomic E-state index is -5.12. The van der Waals surface area contributed by atoms with E-state index in [9.17, 15) is 17.9 Å². The molecule has 2 aliphatic rings. The van der Waals surface area contributed by atoms with Crippen LogP contribution in [0.5, 0.6) is 0 Å². The van der Waals surface area contributed by atoms with Crippen LogP contribution in [0.2, 0.25) is 0 Å². The van der Waals surface area contributed by atoms with Crippen LogP contribution in [0.4, 0.5) is 0 Å². The molecule has 0 bridgehead atoms. The van der Waals surface area contributed by atoms with Gasteiger partial charge in [-0.2, -0.15) is 13.6 Å². The number of methoxy groups -OCH3 is 1. The number of phosphoric ester groups is 1. The van der Waals surface area contributed by atoms with E-state index in [0.717, 1.165) is 0 Å². The van der Waals surface area contributed by atoms with Gasteiger partial charge in [-0.05, 0) is 27.7 Å². The Morgan fingerprint density at radius 3 is 2.10 bits per heavy atom. The van der Waals surface area contributed by atoms with Gasteiger partial charge in [0.15, 0.2) is 12.1 Å². The van der Waals surface area contributed by atoms with Crippen molar-refractivity contribution >= 4 is 18.6 Å². The van der Waals surface area contributed by atoms with Crippen molar-refractivity contribution in [2.45, 2.75) is 64.2 Å². The van der Waals surface area contributed by atoms with Crippen molar-refractivity contribution in [2.24, 2.45) is 0 Å². The molecule has 0 unspecified atom stereocenters. The molecule has 0 radical (unpaired) electrons. The molecule has 166 valence electrons. The molecule has 2 fully saturated rings. The Bertz CT molecular complexity index is 614. The van der Waals surface area contributed by atoms with Crippen molar-refractivity contribution in [1.29, 1.82) is 0 Å². The summed E-state index contributed by atoms with van der Waals surface area (Å²) in [6, 6.07) is 0. The van der Waals surface area contributed by atoms with E-state index in [4.69, 9.17) is 32.5 Å². The van der Waals surface area contributed by atoms with E-state index < -0.39 is 61.7 Å². The fourth-order valence-electron chi connectivity index (χ4n) is 2.99. The van der Waals surface area contributed by atoms with Crippen LogP contribution in [0.1, 0.15) is 27.7 Å². The summed E-state index contributed by atoms with van der Waals surface area (Å²) in [5.41, 5.74) is 0. The molecular formula is C14H26LiO12PS. The predicted octanol–water partition coefficient (Wildman–Crippen LogP) is -3.15. The van der Waals surface area contributed by atoms with E-state index in [-0.39, 0.29) is 32.1 Å². The second-order valence-corrected chi connectivity index (χ2v) is 9.07. The summed E-state index contributed by atoms with van der Waals surface area (Å²) in [4.78, 5) is 12.5. The summed E-state index contributed by atoms with van der Waals surface area (Å²) in [7, 11) is -7.69. The second-order valence-electron chi connectivity index (χ2n) is 6.39. The molecule has 0 aliphatic carbocycles. The number of phosphoric acid groups is 1. The minimum Gasteiger partial charge on any atom is -0.726 e. The van der Waals surface area contributed by atoms with Crippen LogP contribution in [-0.2, 0) is 47.1 Å². The minimum absolute atomic E-state index is 0. The fraction of sp³-hybridized carbons (Fsp3) is 1.00. The summed E-state index contributed by atoms with van der Waals surface area (Å²) in [5.74, 6) is -1.11. The van der Waals surface area contributed by atoms with Gasteiger partial charge in [-0.1, -0.05) is 0 Å². The van der Waals surface area contributed by atoms with E-state index in [2.05, 4.69) is 4.18 Å². The van der Waals surface area contributed by atoms with Gasteiger partial charge in [0, 0.05) is 7.11 Å². The Morgan fingerprint density at radius 2 is 1.62 bits per heavy atom. The first-order chi connectivity index (χ1) is 12.9. The van der Waals surface area contributed by atoms with E-state index in [1.54, 1.807) is 27.7 Å². The monoisotopic (exact) mass is 456 g/mol. The van der Waals surface area contributed by atoms with E-state index in [0.29, 0.717) is 0 Å². The van der Waals surface area contributed by atoms with Crippen LogP contribution in [0.25, 0.3) is 0 Å².